The minimum Gasteiger partial charge on any atom is -0.385 e. The monoisotopic (exact) mass is 284 g/mol. The van der Waals surface area contributed by atoms with Gasteiger partial charge in [0.05, 0.1) is 0 Å². The summed E-state index contributed by atoms with van der Waals surface area (Å²) in [5.41, 5.74) is 0. The minimum absolute atomic E-state index is 0.0927. The topological polar surface area (TPSA) is 41.6 Å². The second kappa shape index (κ2) is 10.2. The average Bonchev–Trinajstić information content (AvgIpc) is 2.64. The van der Waals surface area contributed by atoms with E-state index in [4.69, 9.17) is 4.74 Å². The average molecular weight is 284 g/mol. The lowest BCUT2D eigenvalue weighted by atomic mass is 10.1. The fourth-order valence-electron chi connectivity index (χ4n) is 2.65. The van der Waals surface area contributed by atoms with E-state index in [-0.39, 0.29) is 11.8 Å². The number of carbonyl (C=O) groups is 1. The number of hydrogen-bond donors (Lipinski definition) is 1. The Morgan fingerprint density at radius 1 is 1.25 bits per heavy atom. The number of likely N-dealkylation sites (tertiary alicyclic amines) is 1. The number of ether oxygens (including phenoxy) is 1. The normalized spacial score (nSPS) is 20.9. The molecule has 1 unspecified atom stereocenters. The van der Waals surface area contributed by atoms with Gasteiger partial charge in [-0.05, 0) is 51.6 Å². The van der Waals surface area contributed by atoms with Gasteiger partial charge in [-0.2, -0.15) is 0 Å². The summed E-state index contributed by atoms with van der Waals surface area (Å²) in [5, 5.41) is 3.18. The molecule has 0 aliphatic carbocycles. The first kappa shape index (κ1) is 17.4. The largest absolute Gasteiger partial charge is 0.385 e. The molecule has 1 saturated heterocycles. The fraction of sp³-hybridized carbons (Fsp3) is 0.938. The predicted molar refractivity (Wildman–Crippen MR) is 82.8 cm³/mol. The van der Waals surface area contributed by atoms with Crippen LogP contribution < -0.4 is 5.32 Å². The molecular weight excluding hydrogens is 252 g/mol. The summed E-state index contributed by atoms with van der Waals surface area (Å²) in [5.74, 6) is 0.290. The maximum Gasteiger partial charge on any atom is 0.222 e. The highest BCUT2D eigenvalue weighted by molar-refractivity contribution is 5.78. The maximum absolute atomic E-state index is 11.7. The summed E-state index contributed by atoms with van der Waals surface area (Å²) < 4.78 is 5.07. The highest BCUT2D eigenvalue weighted by Gasteiger charge is 2.19. The maximum atomic E-state index is 11.7. The molecule has 0 aromatic carbocycles. The van der Waals surface area contributed by atoms with E-state index in [1.54, 1.807) is 7.11 Å². The molecule has 0 aromatic rings. The number of hydrogen-bond acceptors (Lipinski definition) is 3. The summed E-state index contributed by atoms with van der Waals surface area (Å²) in [4.78, 5) is 14.3. The van der Waals surface area contributed by atoms with Crippen molar-refractivity contribution in [2.24, 2.45) is 5.92 Å². The summed E-state index contributed by atoms with van der Waals surface area (Å²) in [6.45, 7) is 8.28. The fourth-order valence-corrected chi connectivity index (χ4v) is 2.65. The van der Waals surface area contributed by atoms with Gasteiger partial charge in [0.1, 0.15) is 0 Å². The molecule has 0 saturated carbocycles. The lowest BCUT2D eigenvalue weighted by Crippen LogP contribution is -2.38. The Bertz CT molecular complexity index is 269. The van der Waals surface area contributed by atoms with Gasteiger partial charge in [0.15, 0.2) is 0 Å². The molecule has 0 aromatic heterocycles. The molecule has 1 aliphatic rings. The van der Waals surface area contributed by atoms with Crippen LogP contribution in [0.2, 0.25) is 0 Å². The van der Waals surface area contributed by atoms with Crippen molar-refractivity contribution in [1.29, 1.82) is 0 Å². The highest BCUT2D eigenvalue weighted by Crippen LogP contribution is 2.12. The Morgan fingerprint density at radius 2 is 2.05 bits per heavy atom. The van der Waals surface area contributed by atoms with E-state index < -0.39 is 0 Å². The van der Waals surface area contributed by atoms with Crippen molar-refractivity contribution in [2.75, 3.05) is 33.4 Å². The molecule has 1 amide bonds. The molecule has 20 heavy (non-hydrogen) atoms. The molecule has 1 rings (SSSR count). The lowest BCUT2D eigenvalue weighted by molar-refractivity contribution is -0.124. The Balaban J connectivity index is 2.17. The Morgan fingerprint density at radius 3 is 2.75 bits per heavy atom. The summed E-state index contributed by atoms with van der Waals surface area (Å²) in [7, 11) is 1.76. The van der Waals surface area contributed by atoms with Gasteiger partial charge in [-0.1, -0.05) is 13.8 Å². The molecule has 1 aliphatic heterocycles. The van der Waals surface area contributed by atoms with Crippen molar-refractivity contribution in [1.82, 2.24) is 10.2 Å². The SMILES string of the molecule is COCCCCCN1CCCC(NC(=O)C(C)C)CC1. The van der Waals surface area contributed by atoms with Gasteiger partial charge >= 0.3 is 0 Å². The van der Waals surface area contributed by atoms with Crippen molar-refractivity contribution >= 4 is 5.91 Å². The smallest absolute Gasteiger partial charge is 0.222 e. The third-order valence-corrected chi connectivity index (χ3v) is 4.01. The summed E-state index contributed by atoms with van der Waals surface area (Å²) >= 11 is 0. The molecule has 4 heteroatoms. The number of carbonyl (C=O) groups excluding carboxylic acids is 1. The van der Waals surface area contributed by atoms with Crippen LogP contribution in [0.15, 0.2) is 0 Å². The van der Waals surface area contributed by atoms with E-state index in [1.165, 1.54) is 32.4 Å². The van der Waals surface area contributed by atoms with E-state index in [1.807, 2.05) is 13.8 Å². The molecule has 4 nitrogen and oxygen atoms in total. The van der Waals surface area contributed by atoms with E-state index in [2.05, 4.69) is 10.2 Å². The molecule has 0 bridgehead atoms. The van der Waals surface area contributed by atoms with Crippen LogP contribution in [0.4, 0.5) is 0 Å². The van der Waals surface area contributed by atoms with Crippen molar-refractivity contribution in [3.63, 3.8) is 0 Å². The van der Waals surface area contributed by atoms with Crippen LogP contribution in [0.5, 0.6) is 0 Å². The van der Waals surface area contributed by atoms with Crippen LogP contribution in [0.3, 0.4) is 0 Å². The highest BCUT2D eigenvalue weighted by atomic mass is 16.5. The number of nitrogens with zero attached hydrogens (tertiary/aromatic N) is 1. The van der Waals surface area contributed by atoms with Crippen LogP contribution in [-0.2, 0) is 9.53 Å². The van der Waals surface area contributed by atoms with E-state index >= 15 is 0 Å². The standard InChI is InChI=1S/C16H32N2O2/c1-14(2)16(19)17-15-8-7-11-18(12-9-15)10-5-4-6-13-20-3/h14-15H,4-13H2,1-3H3,(H,17,19). The molecule has 1 fully saturated rings. The Labute approximate surface area is 124 Å². The number of unbranched alkanes of at least 4 members (excludes halogenated alkanes) is 2. The van der Waals surface area contributed by atoms with Gasteiger partial charge in [-0.25, -0.2) is 0 Å². The summed E-state index contributed by atoms with van der Waals surface area (Å²) in [6, 6.07) is 0.378. The van der Waals surface area contributed by atoms with Gasteiger partial charge in [-0.15, -0.1) is 0 Å². The zero-order chi connectivity index (χ0) is 14.8. The second-order valence-electron chi connectivity index (χ2n) is 6.19. The first-order valence-corrected chi connectivity index (χ1v) is 8.15. The number of rotatable bonds is 8. The van der Waals surface area contributed by atoms with Crippen molar-refractivity contribution in [3.05, 3.63) is 0 Å². The minimum atomic E-state index is 0.0927. The first-order valence-electron chi connectivity index (χ1n) is 8.15. The quantitative estimate of drug-likeness (QED) is 0.696. The first-order chi connectivity index (χ1) is 9.63. The van der Waals surface area contributed by atoms with Crippen LogP contribution in [0, 0.1) is 5.92 Å². The molecule has 118 valence electrons. The molecule has 1 atom stereocenters. The summed E-state index contributed by atoms with van der Waals surface area (Å²) in [6.07, 6.45) is 7.08. The Kier molecular flexibility index (Phi) is 8.86. The Hall–Kier alpha value is -0.610. The molecule has 1 N–H and O–H groups in total. The van der Waals surface area contributed by atoms with Gasteiger partial charge in [0, 0.05) is 32.2 Å². The van der Waals surface area contributed by atoms with Gasteiger partial charge in [0.2, 0.25) is 5.91 Å². The third-order valence-electron chi connectivity index (χ3n) is 4.01. The van der Waals surface area contributed by atoms with Crippen LogP contribution in [-0.4, -0.2) is 50.2 Å². The molecule has 0 radical (unpaired) electrons. The number of amides is 1. The van der Waals surface area contributed by atoms with E-state index in [9.17, 15) is 4.79 Å². The van der Waals surface area contributed by atoms with Gasteiger partial charge < -0.3 is 15.0 Å². The zero-order valence-electron chi connectivity index (χ0n) is 13.5. The number of nitrogens with one attached hydrogen (secondary N) is 1. The van der Waals surface area contributed by atoms with Crippen LogP contribution in [0.1, 0.15) is 52.4 Å². The van der Waals surface area contributed by atoms with Crippen LogP contribution in [0.25, 0.3) is 0 Å². The van der Waals surface area contributed by atoms with Gasteiger partial charge in [-0.3, -0.25) is 4.79 Å². The number of methoxy groups -OCH3 is 1. The molecule has 1 heterocycles. The van der Waals surface area contributed by atoms with Crippen molar-refractivity contribution in [2.45, 2.75) is 58.4 Å². The lowest BCUT2D eigenvalue weighted by Gasteiger charge is -2.20. The second-order valence-corrected chi connectivity index (χ2v) is 6.19. The molecular formula is C16H32N2O2. The van der Waals surface area contributed by atoms with Crippen molar-refractivity contribution < 1.29 is 9.53 Å². The molecule has 0 spiro atoms. The predicted octanol–water partition coefficient (Wildman–Crippen LogP) is 2.43. The zero-order valence-corrected chi connectivity index (χ0v) is 13.5. The van der Waals surface area contributed by atoms with Gasteiger partial charge in [0.25, 0.3) is 0 Å². The van der Waals surface area contributed by atoms with Crippen molar-refractivity contribution in [3.8, 4) is 0 Å². The third kappa shape index (κ3) is 7.25. The van der Waals surface area contributed by atoms with E-state index in [0.29, 0.717) is 6.04 Å². The van der Waals surface area contributed by atoms with E-state index in [0.717, 1.165) is 32.4 Å². The van der Waals surface area contributed by atoms with Crippen LogP contribution >= 0.6 is 0 Å².